The van der Waals surface area contributed by atoms with Crippen LogP contribution in [-0.2, 0) is 10.0 Å². The van der Waals surface area contributed by atoms with Crippen LogP contribution < -0.4 is 4.72 Å². The fourth-order valence-corrected chi connectivity index (χ4v) is 4.92. The number of ketones is 1. The van der Waals surface area contributed by atoms with Gasteiger partial charge in [-0.2, -0.15) is 5.10 Å². The number of hydrogen-bond donors (Lipinski definition) is 2. The smallest absolute Gasteiger partial charge is 0.232 e. The lowest BCUT2D eigenvalue weighted by atomic mass is 10.0. The van der Waals surface area contributed by atoms with Crippen molar-refractivity contribution in [1.82, 2.24) is 29.7 Å². The molecule has 0 aliphatic rings. The summed E-state index contributed by atoms with van der Waals surface area (Å²) in [6.45, 7) is 1.65. The van der Waals surface area contributed by atoms with Crippen LogP contribution in [0.15, 0.2) is 61.4 Å². The molecule has 0 atom stereocenters. The van der Waals surface area contributed by atoms with Crippen molar-refractivity contribution in [3.05, 3.63) is 84.2 Å². The van der Waals surface area contributed by atoms with Gasteiger partial charge in [-0.3, -0.25) is 14.5 Å². The molecular weight excluding hydrogens is 504 g/mol. The minimum atomic E-state index is -3.86. The lowest BCUT2D eigenvalue weighted by molar-refractivity contribution is 0.103. The monoisotopic (exact) mass is 523 g/mol. The first-order chi connectivity index (χ1) is 17.8. The zero-order chi connectivity index (χ0) is 26.2. The van der Waals surface area contributed by atoms with Gasteiger partial charge in [0, 0.05) is 41.3 Å². The van der Waals surface area contributed by atoms with Gasteiger partial charge in [0.25, 0.3) is 0 Å². The van der Waals surface area contributed by atoms with Crippen molar-refractivity contribution in [2.75, 3.05) is 10.5 Å². The zero-order valence-electron chi connectivity index (χ0n) is 19.3. The number of fused-ring (bicyclic) bond motifs is 1. The average molecular weight is 524 g/mol. The molecule has 0 aliphatic heterocycles. The Morgan fingerprint density at radius 3 is 2.68 bits per heavy atom. The molecule has 13 heteroatoms. The molecule has 37 heavy (non-hydrogen) atoms. The van der Waals surface area contributed by atoms with Gasteiger partial charge in [-0.1, -0.05) is 6.92 Å². The van der Waals surface area contributed by atoms with Gasteiger partial charge in [0.1, 0.15) is 11.5 Å². The topological polar surface area (TPSA) is 136 Å². The molecule has 5 rings (SSSR count). The van der Waals surface area contributed by atoms with Crippen molar-refractivity contribution < 1.29 is 22.0 Å². The molecule has 2 N–H and O–H groups in total. The van der Waals surface area contributed by atoms with E-state index in [2.05, 4.69) is 29.8 Å². The molecular formula is C24H19F2N7O3S. The van der Waals surface area contributed by atoms with Crippen LogP contribution in [0.2, 0.25) is 0 Å². The minimum Gasteiger partial charge on any atom is -0.345 e. The number of H-pyrrole nitrogens is 1. The Hall–Kier alpha value is -4.52. The molecule has 5 aromatic rings. The van der Waals surface area contributed by atoms with Gasteiger partial charge in [0.15, 0.2) is 11.6 Å². The van der Waals surface area contributed by atoms with Gasteiger partial charge in [-0.25, -0.2) is 31.8 Å². The molecule has 1 aromatic carbocycles. The Bertz CT molecular complexity index is 1720. The summed E-state index contributed by atoms with van der Waals surface area (Å²) >= 11 is 0. The number of aromatic nitrogens is 6. The van der Waals surface area contributed by atoms with Crippen LogP contribution in [0.3, 0.4) is 0 Å². The van der Waals surface area contributed by atoms with E-state index in [0.29, 0.717) is 34.5 Å². The highest BCUT2D eigenvalue weighted by Gasteiger charge is 2.26. The summed E-state index contributed by atoms with van der Waals surface area (Å²) in [7, 11) is -3.86. The number of rotatable bonds is 8. The SMILES string of the molecule is CCCS(=O)(=O)Nc1ccc(F)c(C(=O)c2c[nH]c3ncc(-c4cnc(-n5cccn5)cn4)cc23)c1F. The first-order valence-corrected chi connectivity index (χ1v) is 12.8. The van der Waals surface area contributed by atoms with Gasteiger partial charge >= 0.3 is 0 Å². The van der Waals surface area contributed by atoms with E-state index in [1.807, 2.05) is 0 Å². The maximum Gasteiger partial charge on any atom is 0.232 e. The highest BCUT2D eigenvalue weighted by atomic mass is 32.2. The molecule has 0 unspecified atom stereocenters. The maximum atomic E-state index is 15.2. The largest absolute Gasteiger partial charge is 0.345 e. The van der Waals surface area contributed by atoms with Crippen LogP contribution in [0.4, 0.5) is 14.5 Å². The number of carbonyl (C=O) groups is 1. The van der Waals surface area contributed by atoms with Gasteiger partial charge in [0.2, 0.25) is 15.8 Å². The number of anilines is 1. The van der Waals surface area contributed by atoms with E-state index in [1.54, 1.807) is 36.1 Å². The number of aromatic amines is 1. The average Bonchev–Trinajstić information content (AvgIpc) is 3.56. The second kappa shape index (κ2) is 9.50. The maximum absolute atomic E-state index is 15.2. The molecule has 0 radical (unpaired) electrons. The third-order valence-corrected chi connectivity index (χ3v) is 6.98. The van der Waals surface area contributed by atoms with Crippen molar-refractivity contribution in [3.63, 3.8) is 0 Å². The number of pyridine rings is 1. The molecule has 4 aromatic heterocycles. The van der Waals surface area contributed by atoms with Crippen molar-refractivity contribution >= 4 is 32.5 Å². The van der Waals surface area contributed by atoms with Crippen molar-refractivity contribution in [3.8, 4) is 17.1 Å². The standard InChI is InChI=1S/C24H19F2N7O3S/c1-2-8-37(35,36)32-18-5-4-17(25)21(22(18)26)23(34)16-11-30-24-15(16)9-14(10-29-24)19-12-28-20(13-27-19)33-7-3-6-31-33/h3-7,9-13,32H,2,8H2,1H3,(H,29,30). The van der Waals surface area contributed by atoms with Crippen LogP contribution in [0.5, 0.6) is 0 Å². The molecule has 10 nitrogen and oxygen atoms in total. The number of nitrogens with zero attached hydrogens (tertiary/aromatic N) is 5. The van der Waals surface area contributed by atoms with E-state index in [4.69, 9.17) is 0 Å². The summed E-state index contributed by atoms with van der Waals surface area (Å²) in [5.41, 5.74) is -0.154. The second-order valence-corrected chi connectivity index (χ2v) is 9.91. The van der Waals surface area contributed by atoms with Crippen molar-refractivity contribution in [2.24, 2.45) is 0 Å². The van der Waals surface area contributed by atoms with Crippen LogP contribution in [0.25, 0.3) is 28.1 Å². The highest BCUT2D eigenvalue weighted by molar-refractivity contribution is 7.92. The first kappa shape index (κ1) is 24.2. The van der Waals surface area contributed by atoms with E-state index < -0.39 is 38.7 Å². The van der Waals surface area contributed by atoms with E-state index in [-0.39, 0.29) is 11.3 Å². The van der Waals surface area contributed by atoms with Gasteiger partial charge in [-0.15, -0.1) is 0 Å². The van der Waals surface area contributed by atoms with Crippen LogP contribution in [-0.4, -0.2) is 49.7 Å². The molecule has 0 bridgehead atoms. The quantitative estimate of drug-likeness (QED) is 0.295. The molecule has 4 heterocycles. The highest BCUT2D eigenvalue weighted by Crippen LogP contribution is 2.29. The van der Waals surface area contributed by atoms with Gasteiger partial charge < -0.3 is 4.98 Å². The Labute approximate surface area is 209 Å². The molecule has 0 aliphatic carbocycles. The summed E-state index contributed by atoms with van der Waals surface area (Å²) in [4.78, 5) is 29.1. The number of carbonyl (C=O) groups excluding carboxylic acids is 1. The number of nitrogens with one attached hydrogen (secondary N) is 2. The molecule has 0 spiro atoms. The zero-order valence-corrected chi connectivity index (χ0v) is 20.1. The summed E-state index contributed by atoms with van der Waals surface area (Å²) < 4.78 is 57.7. The van der Waals surface area contributed by atoms with Crippen molar-refractivity contribution in [1.29, 1.82) is 0 Å². The number of halogens is 2. The molecule has 0 saturated heterocycles. The van der Waals surface area contributed by atoms with E-state index in [0.717, 1.165) is 12.1 Å². The minimum absolute atomic E-state index is 0.0446. The summed E-state index contributed by atoms with van der Waals surface area (Å²) in [6, 6.07) is 5.14. The first-order valence-electron chi connectivity index (χ1n) is 11.1. The van der Waals surface area contributed by atoms with E-state index in [9.17, 15) is 17.6 Å². The predicted octanol–water partition coefficient (Wildman–Crippen LogP) is 3.87. The Balaban J connectivity index is 1.52. The van der Waals surface area contributed by atoms with Crippen LogP contribution in [0, 0.1) is 11.6 Å². The third-order valence-electron chi connectivity index (χ3n) is 5.51. The summed E-state index contributed by atoms with van der Waals surface area (Å²) in [5.74, 6) is -3.16. The number of hydrogen-bond acceptors (Lipinski definition) is 7. The third kappa shape index (κ3) is 4.68. The lowest BCUT2D eigenvalue weighted by Gasteiger charge is -2.11. The normalized spacial score (nSPS) is 11.6. The van der Waals surface area contributed by atoms with Crippen LogP contribution >= 0.6 is 0 Å². The molecule has 0 amide bonds. The summed E-state index contributed by atoms with van der Waals surface area (Å²) in [6.07, 6.45) is 9.48. The number of sulfonamides is 1. The van der Waals surface area contributed by atoms with Crippen LogP contribution in [0.1, 0.15) is 29.3 Å². The Morgan fingerprint density at radius 2 is 1.97 bits per heavy atom. The Kier molecular flexibility index (Phi) is 6.21. The van der Waals surface area contributed by atoms with Crippen molar-refractivity contribution in [2.45, 2.75) is 13.3 Å². The van der Waals surface area contributed by atoms with E-state index >= 15 is 4.39 Å². The van der Waals surface area contributed by atoms with Gasteiger partial charge in [-0.05, 0) is 30.7 Å². The molecule has 0 fully saturated rings. The predicted molar refractivity (Wildman–Crippen MR) is 132 cm³/mol. The summed E-state index contributed by atoms with van der Waals surface area (Å²) in [5, 5.41) is 4.39. The lowest BCUT2D eigenvalue weighted by Crippen LogP contribution is -2.18. The fourth-order valence-electron chi connectivity index (χ4n) is 3.79. The van der Waals surface area contributed by atoms with E-state index in [1.165, 1.54) is 24.8 Å². The molecule has 188 valence electrons. The number of benzene rings is 1. The van der Waals surface area contributed by atoms with Gasteiger partial charge in [0.05, 0.1) is 35.1 Å². The Morgan fingerprint density at radius 1 is 1.14 bits per heavy atom. The second-order valence-electron chi connectivity index (χ2n) is 8.07. The molecule has 0 saturated carbocycles. The fraction of sp³-hybridized carbons (Fsp3) is 0.125.